The van der Waals surface area contributed by atoms with E-state index < -0.39 is 76.2 Å². The second-order valence-electron chi connectivity index (χ2n) is 10.9. The van der Waals surface area contributed by atoms with Gasteiger partial charge in [0.1, 0.15) is 47.0 Å². The molecule has 0 radical (unpaired) electrons. The average molecular weight is 546 g/mol. The first kappa shape index (κ1) is 24.5. The third-order valence-corrected chi connectivity index (χ3v) is 9.17. The predicted octanol–water partition coefficient (Wildman–Crippen LogP) is 2.34. The van der Waals surface area contributed by atoms with E-state index in [4.69, 9.17) is 18.6 Å². The topological polar surface area (TPSA) is 167 Å². The number of hydrogen-bond acceptors (Lipinski definition) is 11. The van der Waals surface area contributed by atoms with Crippen LogP contribution in [0.5, 0.6) is 11.5 Å². The molecule has 2 N–H and O–H groups in total. The van der Waals surface area contributed by atoms with Crippen molar-refractivity contribution in [1.82, 2.24) is 0 Å². The number of fused-ring (bicyclic) bond motifs is 4. The molecule has 40 heavy (non-hydrogen) atoms. The maximum Gasteiger partial charge on any atom is 0.347 e. The molecule has 3 aliphatic carbocycles. The van der Waals surface area contributed by atoms with Crippen LogP contribution in [0.2, 0.25) is 0 Å². The van der Waals surface area contributed by atoms with Crippen LogP contribution >= 0.6 is 0 Å². The first-order valence-corrected chi connectivity index (χ1v) is 12.6. The van der Waals surface area contributed by atoms with Crippen LogP contribution in [0, 0.1) is 25.7 Å². The molecule has 2 heterocycles. The van der Waals surface area contributed by atoms with E-state index in [9.17, 15) is 34.2 Å². The Hall–Kier alpha value is -4.51. The molecule has 1 fully saturated rings. The Morgan fingerprint density at radius 1 is 0.975 bits per heavy atom. The van der Waals surface area contributed by atoms with Crippen LogP contribution in [0.3, 0.4) is 0 Å². The van der Waals surface area contributed by atoms with Gasteiger partial charge in [-0.15, -0.1) is 0 Å². The highest BCUT2D eigenvalue weighted by molar-refractivity contribution is 6.19. The Kier molecular flexibility index (Phi) is 4.51. The summed E-state index contributed by atoms with van der Waals surface area (Å²) >= 11 is 0. The number of aryl methyl sites for hydroxylation is 2. The molecule has 1 spiro atoms. The van der Waals surface area contributed by atoms with Crippen molar-refractivity contribution < 1.29 is 48.0 Å². The number of cyclic esters (lactones) is 1. The van der Waals surface area contributed by atoms with Gasteiger partial charge in [-0.3, -0.25) is 14.4 Å². The van der Waals surface area contributed by atoms with Crippen LogP contribution in [0.1, 0.15) is 60.3 Å². The lowest BCUT2D eigenvalue weighted by Gasteiger charge is -2.47. The number of phenols is 2. The number of methoxy groups -OCH3 is 1. The van der Waals surface area contributed by atoms with Gasteiger partial charge < -0.3 is 28.8 Å². The summed E-state index contributed by atoms with van der Waals surface area (Å²) in [6, 6.07) is 2.61. The molecule has 11 nitrogen and oxygen atoms in total. The van der Waals surface area contributed by atoms with E-state index >= 15 is 0 Å². The van der Waals surface area contributed by atoms with Gasteiger partial charge in [-0.2, -0.15) is 0 Å². The molecule has 2 bridgehead atoms. The molecule has 3 aromatic rings. The molecule has 0 saturated heterocycles. The van der Waals surface area contributed by atoms with Crippen molar-refractivity contribution >= 4 is 34.3 Å². The first-order valence-electron chi connectivity index (χ1n) is 12.6. The maximum atomic E-state index is 14.6. The van der Waals surface area contributed by atoms with Gasteiger partial charge in [-0.05, 0) is 48.2 Å². The largest absolute Gasteiger partial charge is 0.507 e. The van der Waals surface area contributed by atoms with Crippen molar-refractivity contribution in [3.05, 3.63) is 67.8 Å². The number of aromatic hydroxyl groups is 2. The monoisotopic (exact) mass is 546 g/mol. The summed E-state index contributed by atoms with van der Waals surface area (Å²) in [4.78, 5) is 67.6. The van der Waals surface area contributed by atoms with E-state index in [2.05, 4.69) is 0 Å². The van der Waals surface area contributed by atoms with E-state index in [-0.39, 0.29) is 38.6 Å². The zero-order chi connectivity index (χ0) is 28.6. The zero-order valence-electron chi connectivity index (χ0n) is 21.7. The Labute approximate surface area is 225 Å². The lowest BCUT2D eigenvalue weighted by molar-refractivity contribution is -0.154. The fraction of sp³-hybridized carbons (Fsp3) is 0.345. The van der Waals surface area contributed by atoms with E-state index in [1.807, 2.05) is 0 Å². The summed E-state index contributed by atoms with van der Waals surface area (Å²) in [5.74, 6) is -6.33. The summed E-state index contributed by atoms with van der Waals surface area (Å²) in [6.07, 6.45) is -0.353. The van der Waals surface area contributed by atoms with Gasteiger partial charge in [-0.1, -0.05) is 0 Å². The quantitative estimate of drug-likeness (QED) is 0.453. The molecule has 11 heteroatoms. The molecule has 1 aromatic heterocycles. The number of carbonyl (C=O) groups is 4. The van der Waals surface area contributed by atoms with Crippen LogP contribution in [0.15, 0.2) is 27.6 Å². The van der Waals surface area contributed by atoms with Crippen molar-refractivity contribution in [3.63, 3.8) is 0 Å². The number of rotatable bonds is 2. The normalized spacial score (nSPS) is 29.2. The molecule has 204 valence electrons. The SMILES string of the molecule is CO[C@]12c3c(C)cc(O)c4c(=O)occ(c34)C(=O)[C@@H]1[C@@]13COC(=O)c4c(O)cc(C)c(c41)C(=O)[C@@H]2[C@H]3OC(C)=O. The second-order valence-corrected chi connectivity index (χ2v) is 10.9. The molecule has 1 aliphatic heterocycles. The van der Waals surface area contributed by atoms with Crippen molar-refractivity contribution in [2.24, 2.45) is 11.8 Å². The maximum absolute atomic E-state index is 14.6. The van der Waals surface area contributed by atoms with Gasteiger partial charge in [0.25, 0.3) is 0 Å². The molecule has 0 unspecified atom stereocenters. The molecule has 2 aromatic carbocycles. The molecular formula is C29H22O11. The van der Waals surface area contributed by atoms with Crippen LogP contribution in [-0.2, 0) is 30.0 Å². The number of hydrogen-bond donors (Lipinski definition) is 2. The zero-order valence-corrected chi connectivity index (χ0v) is 21.7. The molecule has 5 atom stereocenters. The van der Waals surface area contributed by atoms with Crippen LogP contribution in [-0.4, -0.2) is 53.5 Å². The second kappa shape index (κ2) is 7.36. The molecule has 1 saturated carbocycles. The van der Waals surface area contributed by atoms with Crippen LogP contribution in [0.4, 0.5) is 0 Å². The fourth-order valence-corrected chi connectivity index (χ4v) is 8.08. The van der Waals surface area contributed by atoms with E-state index in [0.717, 1.165) is 13.2 Å². The number of ketones is 2. The highest BCUT2D eigenvalue weighted by Gasteiger charge is 2.80. The Bertz CT molecular complexity index is 1850. The van der Waals surface area contributed by atoms with Gasteiger partial charge in [0.2, 0.25) is 0 Å². The molecule has 0 amide bonds. The fourth-order valence-electron chi connectivity index (χ4n) is 8.08. The number of carbonyl (C=O) groups excluding carboxylic acids is 4. The molecule has 4 aliphatic rings. The Morgan fingerprint density at radius 3 is 2.35 bits per heavy atom. The van der Waals surface area contributed by atoms with Crippen LogP contribution < -0.4 is 5.63 Å². The van der Waals surface area contributed by atoms with Crippen molar-refractivity contribution in [2.75, 3.05) is 13.7 Å². The summed E-state index contributed by atoms with van der Waals surface area (Å²) in [7, 11) is 1.31. The lowest BCUT2D eigenvalue weighted by Crippen LogP contribution is -2.57. The van der Waals surface area contributed by atoms with Gasteiger partial charge in [0, 0.05) is 25.0 Å². The van der Waals surface area contributed by atoms with Crippen molar-refractivity contribution in [1.29, 1.82) is 0 Å². The summed E-state index contributed by atoms with van der Waals surface area (Å²) in [5, 5.41) is 21.5. The minimum atomic E-state index is -1.83. The van der Waals surface area contributed by atoms with Gasteiger partial charge in [0.15, 0.2) is 11.6 Å². The predicted molar refractivity (Wildman–Crippen MR) is 134 cm³/mol. The van der Waals surface area contributed by atoms with Crippen LogP contribution in [0.25, 0.3) is 10.8 Å². The number of phenolic OH excluding ortho intramolecular Hbond substituents is 2. The summed E-state index contributed by atoms with van der Waals surface area (Å²) < 4.78 is 22.8. The number of ether oxygens (including phenoxy) is 3. The number of Topliss-reactive ketones (excluding diaryl/α,β-unsaturated/α-hetero) is 2. The minimum absolute atomic E-state index is 0.0471. The van der Waals surface area contributed by atoms with Gasteiger partial charge >= 0.3 is 17.6 Å². The highest BCUT2D eigenvalue weighted by atomic mass is 16.6. The van der Waals surface area contributed by atoms with E-state index in [1.165, 1.54) is 19.2 Å². The standard InChI is InChI=1S/C29H22O11/c1-9-5-14(32)18-20-15(9)23(34)21-25(40-11(3)30)28(20,8-39-27(18)36)24-22(33)12-7-38-26(35)17-13(31)6-10(2)19(16(12)17)29(21,24)37-4/h5-7,21,24-25,31-32H,8H2,1-4H3/t21-,24-,25-,28-,29+/m1/s1. The Balaban J connectivity index is 1.73. The average Bonchev–Trinajstić information content (AvgIpc) is 3.06. The number of esters is 2. The van der Waals surface area contributed by atoms with E-state index in [1.54, 1.807) is 13.8 Å². The summed E-state index contributed by atoms with van der Waals surface area (Å²) in [6.45, 7) is 3.94. The highest BCUT2D eigenvalue weighted by Crippen LogP contribution is 2.70. The number of benzene rings is 2. The lowest BCUT2D eigenvalue weighted by atomic mass is 9.59. The van der Waals surface area contributed by atoms with Gasteiger partial charge in [0.05, 0.1) is 22.8 Å². The van der Waals surface area contributed by atoms with Crippen molar-refractivity contribution in [2.45, 2.75) is 37.9 Å². The molecular weight excluding hydrogens is 524 g/mol. The smallest absolute Gasteiger partial charge is 0.347 e. The Morgan fingerprint density at radius 2 is 1.68 bits per heavy atom. The van der Waals surface area contributed by atoms with E-state index in [0.29, 0.717) is 11.1 Å². The minimum Gasteiger partial charge on any atom is -0.507 e. The third kappa shape index (κ3) is 2.40. The molecule has 7 rings (SSSR count). The third-order valence-electron chi connectivity index (χ3n) is 9.17. The summed E-state index contributed by atoms with van der Waals surface area (Å²) in [5.41, 5.74) is -3.47. The van der Waals surface area contributed by atoms with Crippen molar-refractivity contribution in [3.8, 4) is 11.5 Å². The first-order chi connectivity index (χ1) is 18.9. The van der Waals surface area contributed by atoms with Gasteiger partial charge in [-0.25, -0.2) is 9.59 Å².